The molecule has 0 bridgehead atoms. The molecule has 0 unspecified atom stereocenters. The fourth-order valence-electron chi connectivity index (χ4n) is 1.63. The fraction of sp³-hybridized carbons (Fsp3) is 0.286. The summed E-state index contributed by atoms with van der Waals surface area (Å²) in [6, 6.07) is 8.20. The number of thioether (sulfide) groups is 1. The van der Waals surface area contributed by atoms with Gasteiger partial charge in [0, 0.05) is 9.37 Å². The zero-order valence-electron chi connectivity index (χ0n) is 11.0. The van der Waals surface area contributed by atoms with Crippen molar-refractivity contribution in [2.45, 2.75) is 30.4 Å². The average molecular weight is 484 g/mol. The molecule has 0 fully saturated rings. The second-order valence-corrected chi connectivity index (χ2v) is 7.93. The Morgan fingerprint density at radius 1 is 1.35 bits per heavy atom. The predicted molar refractivity (Wildman–Crippen MR) is 97.6 cm³/mol. The van der Waals surface area contributed by atoms with E-state index in [4.69, 9.17) is 11.6 Å². The second kappa shape index (κ2) is 7.42. The molecule has 0 spiro atoms. The first-order valence-corrected chi connectivity index (χ1v) is 9.31. The Morgan fingerprint density at radius 2 is 2.10 bits per heavy atom. The Bertz CT molecular complexity index is 622. The highest BCUT2D eigenvalue weighted by Gasteiger charge is 2.13. The van der Waals surface area contributed by atoms with Gasteiger partial charge in [0.05, 0.1) is 15.0 Å². The zero-order valence-corrected chi connectivity index (χ0v) is 16.3. The third-order valence-electron chi connectivity index (χ3n) is 2.59. The lowest BCUT2D eigenvalue weighted by atomic mass is 10.1. The van der Waals surface area contributed by atoms with Crippen LogP contribution in [-0.4, -0.2) is 9.97 Å². The summed E-state index contributed by atoms with van der Waals surface area (Å²) < 4.78 is 2.03. The summed E-state index contributed by atoms with van der Waals surface area (Å²) in [7, 11) is 0. The number of hydrogen-bond acceptors (Lipinski definition) is 3. The normalized spacial score (nSPS) is 11.1. The number of halogens is 3. The third-order valence-corrected chi connectivity index (χ3v) is 5.73. The van der Waals surface area contributed by atoms with Gasteiger partial charge in [0.15, 0.2) is 0 Å². The lowest BCUT2D eigenvalue weighted by molar-refractivity contribution is 0.790. The number of rotatable bonds is 4. The topological polar surface area (TPSA) is 25.8 Å². The Morgan fingerprint density at radius 3 is 2.75 bits per heavy atom. The molecular formula is C14H13BrClIN2S. The molecule has 0 aliphatic rings. The molecule has 0 aliphatic heterocycles. The number of benzene rings is 1. The minimum atomic E-state index is 0.344. The zero-order chi connectivity index (χ0) is 14.7. The van der Waals surface area contributed by atoms with Gasteiger partial charge in [0.2, 0.25) is 0 Å². The van der Waals surface area contributed by atoms with Crippen molar-refractivity contribution < 1.29 is 0 Å². The molecule has 20 heavy (non-hydrogen) atoms. The Hall–Kier alpha value is 0.150. The summed E-state index contributed by atoms with van der Waals surface area (Å²) in [6.07, 6.45) is 0. The fourth-order valence-corrected chi connectivity index (χ4v) is 4.05. The van der Waals surface area contributed by atoms with Crippen LogP contribution in [0.2, 0.25) is 5.15 Å². The molecule has 0 radical (unpaired) electrons. The molecule has 0 atom stereocenters. The van der Waals surface area contributed by atoms with Crippen molar-refractivity contribution in [2.75, 3.05) is 0 Å². The maximum Gasteiger partial charge on any atom is 0.146 e. The monoisotopic (exact) mass is 482 g/mol. The quantitative estimate of drug-likeness (QED) is 0.307. The van der Waals surface area contributed by atoms with E-state index < -0.39 is 0 Å². The van der Waals surface area contributed by atoms with Gasteiger partial charge in [0.25, 0.3) is 0 Å². The van der Waals surface area contributed by atoms with Crippen LogP contribution in [-0.2, 0) is 5.75 Å². The van der Waals surface area contributed by atoms with Crippen LogP contribution in [0, 0.1) is 3.57 Å². The van der Waals surface area contributed by atoms with Crippen LogP contribution in [0.3, 0.4) is 0 Å². The molecule has 1 aromatic carbocycles. The van der Waals surface area contributed by atoms with Crippen molar-refractivity contribution in [3.05, 3.63) is 49.0 Å². The third kappa shape index (κ3) is 4.32. The van der Waals surface area contributed by atoms with E-state index in [2.05, 4.69) is 74.5 Å². The van der Waals surface area contributed by atoms with Gasteiger partial charge in [-0.1, -0.05) is 47.4 Å². The van der Waals surface area contributed by atoms with Crippen LogP contribution in [0.1, 0.15) is 31.3 Å². The van der Waals surface area contributed by atoms with Crippen molar-refractivity contribution in [3.63, 3.8) is 0 Å². The lowest BCUT2D eigenvalue weighted by Gasteiger charge is -2.10. The van der Waals surface area contributed by atoms with Crippen molar-refractivity contribution in [2.24, 2.45) is 0 Å². The van der Waals surface area contributed by atoms with Crippen LogP contribution in [0.15, 0.2) is 33.6 Å². The van der Waals surface area contributed by atoms with E-state index in [-0.39, 0.29) is 0 Å². The molecule has 106 valence electrons. The first kappa shape index (κ1) is 16.5. The Balaban J connectivity index is 2.18. The predicted octanol–water partition coefficient (Wildman–Crippen LogP) is 5.91. The molecule has 6 heteroatoms. The van der Waals surface area contributed by atoms with Crippen molar-refractivity contribution in [1.82, 2.24) is 9.97 Å². The molecule has 0 saturated heterocycles. The molecule has 1 aromatic heterocycles. The molecule has 1 heterocycles. The smallest absolute Gasteiger partial charge is 0.146 e. The number of nitrogens with zero attached hydrogens (tertiary/aromatic N) is 2. The molecule has 0 N–H and O–H groups in total. The van der Waals surface area contributed by atoms with E-state index >= 15 is 0 Å². The van der Waals surface area contributed by atoms with Crippen LogP contribution in [0.4, 0.5) is 0 Å². The van der Waals surface area contributed by atoms with Gasteiger partial charge in [-0.15, -0.1) is 11.8 Å². The van der Waals surface area contributed by atoms with E-state index in [0.29, 0.717) is 16.8 Å². The summed E-state index contributed by atoms with van der Waals surface area (Å²) in [5, 5.41) is 0.550. The van der Waals surface area contributed by atoms with Crippen LogP contribution < -0.4 is 0 Å². The first-order valence-electron chi connectivity index (χ1n) is 6.07. The number of aromatic nitrogens is 2. The van der Waals surface area contributed by atoms with E-state index in [1.807, 2.05) is 12.1 Å². The van der Waals surface area contributed by atoms with Crippen LogP contribution >= 0.6 is 61.9 Å². The Kier molecular flexibility index (Phi) is 6.13. The summed E-state index contributed by atoms with van der Waals surface area (Å²) in [4.78, 5) is 10.2. The van der Waals surface area contributed by atoms with E-state index in [9.17, 15) is 0 Å². The summed E-state index contributed by atoms with van der Waals surface area (Å²) in [6.45, 7) is 4.23. The van der Waals surface area contributed by atoms with E-state index in [1.54, 1.807) is 11.8 Å². The highest BCUT2D eigenvalue weighted by molar-refractivity contribution is 14.1. The molecule has 2 nitrogen and oxygen atoms in total. The second-order valence-electron chi connectivity index (χ2n) is 4.53. The molecule has 2 aromatic rings. The molecular weight excluding hydrogens is 470 g/mol. The van der Waals surface area contributed by atoms with Gasteiger partial charge in [-0.05, 0) is 46.7 Å². The Labute approximate surface area is 150 Å². The molecule has 0 aliphatic carbocycles. The van der Waals surface area contributed by atoms with Crippen LogP contribution in [0.5, 0.6) is 0 Å². The first-order chi connectivity index (χ1) is 9.47. The van der Waals surface area contributed by atoms with E-state index in [1.165, 1.54) is 4.90 Å². The summed E-state index contributed by atoms with van der Waals surface area (Å²) in [5.41, 5.74) is 1.02. The largest absolute Gasteiger partial charge is 0.236 e. The minimum absolute atomic E-state index is 0.344. The molecule has 0 amide bonds. The summed E-state index contributed by atoms with van der Waals surface area (Å²) >= 11 is 13.6. The maximum atomic E-state index is 6.19. The lowest BCUT2D eigenvalue weighted by Crippen LogP contribution is -2.04. The van der Waals surface area contributed by atoms with Crippen molar-refractivity contribution >= 4 is 61.9 Å². The van der Waals surface area contributed by atoms with Crippen molar-refractivity contribution in [3.8, 4) is 0 Å². The molecule has 0 saturated carbocycles. The SMILES string of the molecule is CC(C)c1nc(CSc2cccc(Br)c2)nc(Cl)c1I. The average Bonchev–Trinajstić information content (AvgIpc) is 2.39. The van der Waals surface area contributed by atoms with E-state index in [0.717, 1.165) is 19.6 Å². The van der Waals surface area contributed by atoms with Crippen molar-refractivity contribution in [1.29, 1.82) is 0 Å². The maximum absolute atomic E-state index is 6.19. The van der Waals surface area contributed by atoms with Gasteiger partial charge in [0.1, 0.15) is 11.0 Å². The standard InChI is InChI=1S/C14H13BrClIN2S/c1-8(2)13-12(17)14(16)19-11(18-13)7-20-10-5-3-4-9(15)6-10/h3-6,8H,7H2,1-2H3. The van der Waals surface area contributed by atoms with Gasteiger partial charge < -0.3 is 0 Å². The number of hydrogen-bond donors (Lipinski definition) is 0. The summed E-state index contributed by atoms with van der Waals surface area (Å²) in [5.74, 6) is 1.84. The van der Waals surface area contributed by atoms with Crippen LogP contribution in [0.25, 0.3) is 0 Å². The highest BCUT2D eigenvalue weighted by Crippen LogP contribution is 2.28. The minimum Gasteiger partial charge on any atom is -0.236 e. The van der Waals surface area contributed by atoms with Gasteiger partial charge >= 0.3 is 0 Å². The van der Waals surface area contributed by atoms with Gasteiger partial charge in [-0.3, -0.25) is 0 Å². The van der Waals surface area contributed by atoms with Gasteiger partial charge in [-0.2, -0.15) is 0 Å². The highest BCUT2D eigenvalue weighted by atomic mass is 127. The molecule has 2 rings (SSSR count). The van der Waals surface area contributed by atoms with Gasteiger partial charge in [-0.25, -0.2) is 9.97 Å².